The summed E-state index contributed by atoms with van der Waals surface area (Å²) >= 11 is 8.71. The number of methoxy groups -OCH3 is 1. The van der Waals surface area contributed by atoms with Crippen LogP contribution in [0.3, 0.4) is 0 Å². The van der Waals surface area contributed by atoms with Gasteiger partial charge in [0.05, 0.1) is 22.0 Å². The molecule has 1 aromatic carbocycles. The molecular weight excluding hydrogens is 331 g/mol. The highest BCUT2D eigenvalue weighted by Crippen LogP contribution is 2.32. The van der Waals surface area contributed by atoms with E-state index in [1.165, 1.54) is 0 Å². The van der Waals surface area contributed by atoms with Gasteiger partial charge in [0.1, 0.15) is 11.3 Å². The van der Waals surface area contributed by atoms with Gasteiger partial charge in [-0.25, -0.2) is 18.6 Å². The summed E-state index contributed by atoms with van der Waals surface area (Å²) in [6.07, 6.45) is 0. The summed E-state index contributed by atoms with van der Waals surface area (Å²) < 4.78 is 31.9. The Labute approximate surface area is 114 Å². The molecule has 0 aliphatic heterocycles. The summed E-state index contributed by atoms with van der Waals surface area (Å²) in [4.78, 5) is 15.0. The largest absolute Gasteiger partial charge is 0.464 e. The molecule has 2 rings (SSSR count). The van der Waals surface area contributed by atoms with Crippen LogP contribution in [0.5, 0.6) is 0 Å². The van der Waals surface area contributed by atoms with Crippen LogP contribution in [0.2, 0.25) is 5.02 Å². The van der Waals surface area contributed by atoms with Crippen LogP contribution in [0, 0.1) is 11.6 Å². The first-order chi connectivity index (χ1) is 8.45. The number of carbonyl (C=O) groups excluding carboxylic acids is 1. The van der Waals surface area contributed by atoms with Gasteiger partial charge in [0.2, 0.25) is 0 Å². The molecule has 2 aromatic rings. The fraction of sp³-hybridized carbons (Fsp3) is 0.0909. The molecule has 0 radical (unpaired) electrons. The number of halogens is 4. The number of esters is 1. The molecule has 0 aliphatic rings. The Bertz CT molecular complexity index is 663. The third kappa shape index (κ3) is 2.06. The number of aromatic nitrogens is 1. The minimum absolute atomic E-state index is 0.0676. The van der Waals surface area contributed by atoms with Crippen LogP contribution < -0.4 is 0 Å². The van der Waals surface area contributed by atoms with Crippen molar-refractivity contribution in [2.24, 2.45) is 0 Å². The van der Waals surface area contributed by atoms with Crippen LogP contribution in [0.15, 0.2) is 16.6 Å². The second kappa shape index (κ2) is 4.78. The van der Waals surface area contributed by atoms with Crippen molar-refractivity contribution in [3.05, 3.63) is 39.0 Å². The molecule has 0 aliphatic carbocycles. The molecule has 0 atom stereocenters. The zero-order chi connectivity index (χ0) is 13.4. The van der Waals surface area contributed by atoms with Crippen molar-refractivity contribution in [3.63, 3.8) is 0 Å². The molecule has 0 unspecified atom stereocenters. The van der Waals surface area contributed by atoms with Gasteiger partial charge >= 0.3 is 5.97 Å². The normalized spacial score (nSPS) is 10.7. The Morgan fingerprint density at radius 1 is 1.44 bits per heavy atom. The van der Waals surface area contributed by atoms with Crippen LogP contribution >= 0.6 is 27.5 Å². The van der Waals surface area contributed by atoms with E-state index < -0.39 is 17.6 Å². The van der Waals surface area contributed by atoms with Crippen molar-refractivity contribution in [1.82, 2.24) is 4.98 Å². The van der Waals surface area contributed by atoms with Gasteiger partial charge in [-0.2, -0.15) is 0 Å². The second-order valence-corrected chi connectivity index (χ2v) is 4.62. The molecule has 0 fully saturated rings. The third-order valence-electron chi connectivity index (χ3n) is 2.27. The van der Waals surface area contributed by atoms with Crippen LogP contribution in [-0.2, 0) is 4.74 Å². The molecule has 18 heavy (non-hydrogen) atoms. The van der Waals surface area contributed by atoms with Crippen molar-refractivity contribution < 1.29 is 18.3 Å². The SMILES string of the molecule is COC(=O)c1cc(Cl)c2c(F)c(Br)cc(F)c2n1. The fourth-order valence-electron chi connectivity index (χ4n) is 1.47. The number of fused-ring (bicyclic) bond motifs is 1. The van der Waals surface area contributed by atoms with Crippen molar-refractivity contribution in [2.45, 2.75) is 0 Å². The van der Waals surface area contributed by atoms with Crippen LogP contribution in [0.4, 0.5) is 8.78 Å². The first kappa shape index (κ1) is 13.2. The minimum Gasteiger partial charge on any atom is -0.464 e. The van der Waals surface area contributed by atoms with E-state index in [-0.39, 0.29) is 26.1 Å². The maximum absolute atomic E-state index is 13.8. The Balaban J connectivity index is 2.86. The Morgan fingerprint density at radius 3 is 2.72 bits per heavy atom. The first-order valence-corrected chi connectivity index (χ1v) is 5.85. The summed E-state index contributed by atoms with van der Waals surface area (Å²) in [5.41, 5.74) is -0.501. The molecule has 0 spiro atoms. The van der Waals surface area contributed by atoms with Crippen molar-refractivity contribution in [1.29, 1.82) is 0 Å². The summed E-state index contributed by atoms with van der Waals surface area (Å²) in [5, 5.41) is -0.297. The molecule has 7 heteroatoms. The van der Waals surface area contributed by atoms with Gasteiger partial charge in [-0.05, 0) is 28.1 Å². The number of nitrogens with zero attached hydrogens (tertiary/aromatic N) is 1. The fourth-order valence-corrected chi connectivity index (χ4v) is 2.14. The predicted molar refractivity (Wildman–Crippen MR) is 65.7 cm³/mol. The van der Waals surface area contributed by atoms with E-state index in [2.05, 4.69) is 25.7 Å². The quantitative estimate of drug-likeness (QED) is 0.588. The molecule has 94 valence electrons. The Hall–Kier alpha value is -1.27. The Kier molecular flexibility index (Phi) is 3.49. The van der Waals surface area contributed by atoms with Gasteiger partial charge in [0.15, 0.2) is 11.5 Å². The van der Waals surface area contributed by atoms with Gasteiger partial charge in [-0.3, -0.25) is 0 Å². The lowest BCUT2D eigenvalue weighted by Crippen LogP contribution is -2.05. The van der Waals surface area contributed by atoms with Crippen LogP contribution in [0.25, 0.3) is 10.9 Å². The highest BCUT2D eigenvalue weighted by molar-refractivity contribution is 9.10. The van der Waals surface area contributed by atoms with E-state index in [9.17, 15) is 13.6 Å². The molecule has 3 nitrogen and oxygen atoms in total. The van der Waals surface area contributed by atoms with Crippen molar-refractivity contribution in [2.75, 3.05) is 7.11 Å². The van der Waals surface area contributed by atoms with E-state index in [0.717, 1.165) is 19.2 Å². The van der Waals surface area contributed by atoms with Crippen LogP contribution in [0.1, 0.15) is 10.5 Å². The number of carbonyl (C=O) groups is 1. The van der Waals surface area contributed by atoms with E-state index in [1.807, 2.05) is 0 Å². The number of pyridine rings is 1. The van der Waals surface area contributed by atoms with E-state index in [1.54, 1.807) is 0 Å². The standard InChI is InChI=1S/C11H5BrClF2NO2/c1-18-11(17)7-3-5(13)8-9(15)4(12)2-6(14)10(8)16-7/h2-3H,1H3. The molecule has 0 N–H and O–H groups in total. The van der Waals surface area contributed by atoms with E-state index in [4.69, 9.17) is 11.6 Å². The smallest absolute Gasteiger partial charge is 0.356 e. The molecule has 0 saturated heterocycles. The summed E-state index contributed by atoms with van der Waals surface area (Å²) in [5.74, 6) is -2.30. The lowest BCUT2D eigenvalue weighted by molar-refractivity contribution is 0.0594. The van der Waals surface area contributed by atoms with Crippen LogP contribution in [-0.4, -0.2) is 18.1 Å². The average molecular weight is 337 g/mol. The lowest BCUT2D eigenvalue weighted by Gasteiger charge is -2.07. The number of hydrogen-bond acceptors (Lipinski definition) is 3. The van der Waals surface area contributed by atoms with Crippen molar-refractivity contribution in [3.8, 4) is 0 Å². The highest BCUT2D eigenvalue weighted by atomic mass is 79.9. The van der Waals surface area contributed by atoms with E-state index in [0.29, 0.717) is 0 Å². The zero-order valence-corrected chi connectivity index (χ0v) is 11.3. The maximum atomic E-state index is 13.8. The number of hydrogen-bond donors (Lipinski definition) is 0. The highest BCUT2D eigenvalue weighted by Gasteiger charge is 2.18. The molecular formula is C11H5BrClF2NO2. The zero-order valence-electron chi connectivity index (χ0n) is 8.93. The molecule has 0 bridgehead atoms. The maximum Gasteiger partial charge on any atom is 0.356 e. The van der Waals surface area contributed by atoms with Gasteiger partial charge in [0.25, 0.3) is 0 Å². The average Bonchev–Trinajstić information content (AvgIpc) is 2.34. The summed E-state index contributed by atoms with van der Waals surface area (Å²) in [7, 11) is 1.15. The van der Waals surface area contributed by atoms with E-state index >= 15 is 0 Å². The lowest BCUT2D eigenvalue weighted by atomic mass is 10.2. The van der Waals surface area contributed by atoms with Gasteiger partial charge in [-0.1, -0.05) is 11.6 Å². The number of ether oxygens (including phenoxy) is 1. The predicted octanol–water partition coefficient (Wildman–Crippen LogP) is 3.72. The molecule has 0 amide bonds. The topological polar surface area (TPSA) is 39.2 Å². The van der Waals surface area contributed by atoms with Gasteiger partial charge in [0, 0.05) is 0 Å². The second-order valence-electron chi connectivity index (χ2n) is 3.36. The number of rotatable bonds is 1. The molecule has 1 aromatic heterocycles. The number of benzene rings is 1. The minimum atomic E-state index is -0.786. The Morgan fingerprint density at radius 2 is 2.11 bits per heavy atom. The molecule has 1 heterocycles. The summed E-state index contributed by atoms with van der Waals surface area (Å²) in [6.45, 7) is 0. The van der Waals surface area contributed by atoms with Crippen molar-refractivity contribution >= 4 is 44.4 Å². The van der Waals surface area contributed by atoms with Gasteiger partial charge in [-0.15, -0.1) is 0 Å². The van der Waals surface area contributed by atoms with Gasteiger partial charge < -0.3 is 4.74 Å². The summed E-state index contributed by atoms with van der Waals surface area (Å²) in [6, 6.07) is 2.05. The third-order valence-corrected chi connectivity index (χ3v) is 3.15. The molecule has 0 saturated carbocycles. The monoisotopic (exact) mass is 335 g/mol. The first-order valence-electron chi connectivity index (χ1n) is 4.67.